The van der Waals surface area contributed by atoms with Crippen molar-refractivity contribution in [3.05, 3.63) is 22.5 Å². The number of rotatable bonds is 2. The van der Waals surface area contributed by atoms with Crippen LogP contribution in [0.25, 0.3) is 0 Å². The monoisotopic (exact) mass is 371 g/mol. The van der Waals surface area contributed by atoms with E-state index in [9.17, 15) is 9.59 Å². The quantitative estimate of drug-likeness (QED) is 0.769. The van der Waals surface area contributed by atoms with E-state index in [2.05, 4.69) is 15.3 Å². The number of aryl methyl sites for hydroxylation is 2. The van der Waals surface area contributed by atoms with Crippen LogP contribution in [0.5, 0.6) is 0 Å². The highest BCUT2D eigenvalue weighted by atomic mass is 32.1. The first-order chi connectivity index (χ1) is 12.5. The molecule has 0 aliphatic carbocycles. The van der Waals surface area contributed by atoms with Crippen LogP contribution in [-0.4, -0.2) is 49.8 Å². The Morgan fingerprint density at radius 3 is 2.96 bits per heavy atom. The molecule has 2 aliphatic rings. The fourth-order valence-corrected chi connectivity index (χ4v) is 4.13. The third-order valence-corrected chi connectivity index (χ3v) is 5.52. The van der Waals surface area contributed by atoms with E-state index < -0.39 is 0 Å². The first kappa shape index (κ1) is 16.7. The van der Waals surface area contributed by atoms with E-state index in [0.29, 0.717) is 37.0 Å². The van der Waals surface area contributed by atoms with Crippen LogP contribution in [0, 0.1) is 24.2 Å². The lowest BCUT2D eigenvalue weighted by Crippen LogP contribution is -2.37. The average molecular weight is 371 g/mol. The molecule has 1 fully saturated rings. The van der Waals surface area contributed by atoms with Crippen LogP contribution >= 0.6 is 11.3 Å². The number of carbonyl (C=O) groups is 2. The summed E-state index contributed by atoms with van der Waals surface area (Å²) in [6.07, 6.45) is 0.960. The normalized spacial score (nSPS) is 20.0. The molecule has 4 heterocycles. The van der Waals surface area contributed by atoms with Crippen LogP contribution in [0.15, 0.2) is 6.07 Å². The van der Waals surface area contributed by atoms with E-state index in [-0.39, 0.29) is 24.2 Å². The zero-order valence-corrected chi connectivity index (χ0v) is 15.1. The molecule has 1 atom stereocenters. The van der Waals surface area contributed by atoms with Crippen LogP contribution in [0.4, 0.5) is 5.13 Å². The number of aromatic nitrogens is 4. The Labute approximate surface area is 153 Å². The maximum atomic E-state index is 13.0. The number of amides is 2. The third-order valence-electron chi connectivity index (χ3n) is 4.66. The van der Waals surface area contributed by atoms with Gasteiger partial charge in [-0.3, -0.25) is 19.2 Å². The lowest BCUT2D eigenvalue weighted by Gasteiger charge is -2.23. The Morgan fingerprint density at radius 2 is 2.23 bits per heavy atom. The molecule has 26 heavy (non-hydrogen) atoms. The van der Waals surface area contributed by atoms with Crippen molar-refractivity contribution in [2.24, 2.45) is 5.92 Å². The van der Waals surface area contributed by atoms with Crippen LogP contribution in [0.3, 0.4) is 0 Å². The molecule has 2 aromatic rings. The zero-order valence-electron chi connectivity index (χ0n) is 14.3. The number of hydrogen-bond donors (Lipinski definition) is 0. The van der Waals surface area contributed by atoms with Crippen molar-refractivity contribution in [3.8, 4) is 6.07 Å². The van der Waals surface area contributed by atoms with Gasteiger partial charge in [-0.2, -0.15) is 10.4 Å². The summed E-state index contributed by atoms with van der Waals surface area (Å²) >= 11 is 1.35. The van der Waals surface area contributed by atoms with Gasteiger partial charge in [-0.25, -0.2) is 0 Å². The minimum absolute atomic E-state index is 0.0322. The summed E-state index contributed by atoms with van der Waals surface area (Å²) in [4.78, 5) is 28.7. The second-order valence-corrected chi connectivity index (χ2v) is 7.64. The Balaban J connectivity index is 1.49. The predicted molar refractivity (Wildman–Crippen MR) is 92.1 cm³/mol. The second kappa shape index (κ2) is 6.49. The van der Waals surface area contributed by atoms with Crippen LogP contribution in [0.2, 0.25) is 0 Å². The molecule has 2 aromatic heterocycles. The molecule has 0 bridgehead atoms. The van der Waals surface area contributed by atoms with Crippen molar-refractivity contribution in [2.45, 2.75) is 32.9 Å². The molecule has 2 amide bonds. The van der Waals surface area contributed by atoms with Gasteiger partial charge in [0.15, 0.2) is 5.69 Å². The fourth-order valence-electron chi connectivity index (χ4n) is 3.42. The first-order valence-electron chi connectivity index (χ1n) is 8.41. The number of fused-ring (bicyclic) bond motifs is 1. The van der Waals surface area contributed by atoms with Gasteiger partial charge in [-0.15, -0.1) is 10.2 Å². The number of nitrogens with zero attached hydrogens (tertiary/aromatic N) is 7. The summed E-state index contributed by atoms with van der Waals surface area (Å²) in [5, 5.41) is 22.5. The molecule has 0 saturated carbocycles. The summed E-state index contributed by atoms with van der Waals surface area (Å²) in [7, 11) is 0. The van der Waals surface area contributed by atoms with Crippen molar-refractivity contribution >= 4 is 28.3 Å². The molecule has 1 saturated heterocycles. The minimum atomic E-state index is -0.378. The SMILES string of the molecule is Cc1nnc(N2CC(C(=O)N3CCCn4nc(C#N)cc4C3)CC2=O)s1. The topological polar surface area (TPSA) is 108 Å². The van der Waals surface area contributed by atoms with Gasteiger partial charge < -0.3 is 4.90 Å². The maximum Gasteiger partial charge on any atom is 0.229 e. The van der Waals surface area contributed by atoms with Gasteiger partial charge in [-0.05, 0) is 19.4 Å². The largest absolute Gasteiger partial charge is 0.336 e. The number of nitriles is 1. The van der Waals surface area contributed by atoms with Crippen molar-refractivity contribution in [2.75, 3.05) is 18.0 Å². The van der Waals surface area contributed by atoms with Crippen molar-refractivity contribution in [3.63, 3.8) is 0 Å². The summed E-state index contributed by atoms with van der Waals surface area (Å²) in [6.45, 7) is 3.88. The Morgan fingerprint density at radius 1 is 1.38 bits per heavy atom. The van der Waals surface area contributed by atoms with Crippen LogP contribution in [-0.2, 0) is 22.7 Å². The van der Waals surface area contributed by atoms with Gasteiger partial charge in [0.05, 0.1) is 18.2 Å². The van der Waals surface area contributed by atoms with Gasteiger partial charge >= 0.3 is 0 Å². The predicted octanol–water partition coefficient (Wildman–Crippen LogP) is 0.700. The summed E-state index contributed by atoms with van der Waals surface area (Å²) in [5.41, 5.74) is 1.22. The molecule has 0 radical (unpaired) electrons. The second-order valence-electron chi connectivity index (χ2n) is 6.48. The molecular formula is C16H17N7O2S. The van der Waals surface area contributed by atoms with Crippen molar-refractivity contribution in [1.29, 1.82) is 5.26 Å². The smallest absolute Gasteiger partial charge is 0.229 e. The number of hydrogen-bond acceptors (Lipinski definition) is 7. The van der Waals surface area contributed by atoms with Crippen LogP contribution in [0.1, 0.15) is 29.2 Å². The molecule has 9 nitrogen and oxygen atoms in total. The van der Waals surface area contributed by atoms with Gasteiger partial charge in [0.2, 0.25) is 16.9 Å². The molecule has 1 unspecified atom stereocenters. The number of carbonyl (C=O) groups excluding carboxylic acids is 2. The van der Waals surface area contributed by atoms with Crippen molar-refractivity contribution in [1.82, 2.24) is 24.9 Å². The van der Waals surface area contributed by atoms with Crippen molar-refractivity contribution < 1.29 is 9.59 Å². The highest BCUT2D eigenvalue weighted by Gasteiger charge is 2.39. The summed E-state index contributed by atoms with van der Waals surface area (Å²) < 4.78 is 1.79. The zero-order chi connectivity index (χ0) is 18.3. The van der Waals surface area contributed by atoms with E-state index in [0.717, 1.165) is 17.1 Å². The summed E-state index contributed by atoms with van der Waals surface area (Å²) in [5.74, 6) is -0.502. The van der Waals surface area contributed by atoms with E-state index in [1.165, 1.54) is 11.3 Å². The van der Waals surface area contributed by atoms with E-state index in [1.807, 2.05) is 13.0 Å². The highest BCUT2D eigenvalue weighted by Crippen LogP contribution is 2.29. The molecule has 0 aromatic carbocycles. The van der Waals surface area contributed by atoms with Gasteiger partial charge in [0.25, 0.3) is 0 Å². The fraction of sp³-hybridized carbons (Fsp3) is 0.500. The molecule has 134 valence electrons. The lowest BCUT2D eigenvalue weighted by molar-refractivity contribution is -0.136. The average Bonchev–Trinajstić information content (AvgIpc) is 3.29. The number of anilines is 1. The maximum absolute atomic E-state index is 13.0. The highest BCUT2D eigenvalue weighted by molar-refractivity contribution is 7.15. The standard InChI is InChI=1S/C16H17N7O2S/c1-10-18-19-16(26-10)22-8-11(5-14(22)24)15(25)21-3-2-4-23-13(9-21)6-12(7-17)20-23/h6,11H,2-5,8-9H2,1H3. The van der Waals surface area contributed by atoms with Gasteiger partial charge in [-0.1, -0.05) is 11.3 Å². The first-order valence-corrected chi connectivity index (χ1v) is 9.23. The Hall–Kier alpha value is -2.80. The Bertz CT molecular complexity index is 912. The lowest BCUT2D eigenvalue weighted by atomic mass is 10.1. The molecule has 0 N–H and O–H groups in total. The molecular weight excluding hydrogens is 354 g/mol. The van der Waals surface area contributed by atoms with Gasteiger partial charge in [0.1, 0.15) is 11.1 Å². The van der Waals surface area contributed by atoms with Gasteiger partial charge in [0, 0.05) is 26.1 Å². The molecule has 0 spiro atoms. The molecule has 4 rings (SSSR count). The van der Waals surface area contributed by atoms with E-state index >= 15 is 0 Å². The van der Waals surface area contributed by atoms with Crippen LogP contribution < -0.4 is 4.90 Å². The molecule has 10 heteroatoms. The van der Waals surface area contributed by atoms with E-state index in [4.69, 9.17) is 5.26 Å². The summed E-state index contributed by atoms with van der Waals surface area (Å²) in [6, 6.07) is 3.76. The third kappa shape index (κ3) is 2.94. The minimum Gasteiger partial charge on any atom is -0.336 e. The van der Waals surface area contributed by atoms with E-state index in [1.54, 1.807) is 20.5 Å². The Kier molecular flexibility index (Phi) is 4.16. The molecule has 2 aliphatic heterocycles.